The predicted molar refractivity (Wildman–Crippen MR) is 77.7 cm³/mol. The molecule has 0 aliphatic carbocycles. The van der Waals surface area contributed by atoms with E-state index in [4.69, 9.17) is 4.74 Å². The summed E-state index contributed by atoms with van der Waals surface area (Å²) >= 11 is 0. The summed E-state index contributed by atoms with van der Waals surface area (Å²) < 4.78 is 5.53. The van der Waals surface area contributed by atoms with Crippen LogP contribution in [0.2, 0.25) is 0 Å². The molecule has 0 amide bonds. The van der Waals surface area contributed by atoms with Crippen LogP contribution in [-0.4, -0.2) is 42.7 Å². The second kappa shape index (κ2) is 7.15. The lowest BCUT2D eigenvalue weighted by Crippen LogP contribution is -2.58. The first-order valence-electron chi connectivity index (χ1n) is 7.36. The van der Waals surface area contributed by atoms with E-state index in [-0.39, 0.29) is 5.54 Å². The molecule has 0 fully saturated rings. The number of likely N-dealkylation sites (N-methyl/N-ethyl adjacent to an activating group) is 2. The number of nitrogens with one attached hydrogen (secondary N) is 1. The summed E-state index contributed by atoms with van der Waals surface area (Å²) in [5.74, 6) is 0. The van der Waals surface area contributed by atoms with E-state index < -0.39 is 0 Å². The van der Waals surface area contributed by atoms with E-state index in [1.54, 1.807) is 0 Å². The standard InChI is InChI=1S/C15H30N2O/c1-6-16-14(13-10-9-11-18-12-13)15(4,5)17(7-2)8-3/h12,14,16H,6-11H2,1-5H3. The molecule has 1 atom stereocenters. The maximum Gasteiger partial charge on any atom is 0.0876 e. The zero-order chi connectivity index (χ0) is 13.6. The first-order chi connectivity index (χ1) is 8.57. The van der Waals surface area contributed by atoms with Crippen molar-refractivity contribution in [2.45, 2.75) is 59.0 Å². The van der Waals surface area contributed by atoms with Crippen molar-refractivity contribution < 1.29 is 4.74 Å². The first-order valence-corrected chi connectivity index (χ1v) is 7.36. The Labute approximate surface area is 113 Å². The molecule has 1 aliphatic rings. The number of nitrogens with zero attached hydrogens (tertiary/aromatic N) is 1. The lowest BCUT2D eigenvalue weighted by molar-refractivity contribution is 0.0979. The van der Waals surface area contributed by atoms with Crippen molar-refractivity contribution in [1.29, 1.82) is 0 Å². The summed E-state index contributed by atoms with van der Waals surface area (Å²) in [6, 6.07) is 0.378. The third-order valence-electron chi connectivity index (χ3n) is 4.03. The average molecular weight is 254 g/mol. The molecule has 0 aromatic heterocycles. The van der Waals surface area contributed by atoms with E-state index in [0.29, 0.717) is 6.04 Å². The van der Waals surface area contributed by atoms with Gasteiger partial charge in [0, 0.05) is 11.6 Å². The first kappa shape index (κ1) is 15.5. The molecule has 0 aromatic rings. The zero-order valence-corrected chi connectivity index (χ0v) is 12.8. The Morgan fingerprint density at radius 1 is 1.33 bits per heavy atom. The minimum Gasteiger partial charge on any atom is -0.501 e. The monoisotopic (exact) mass is 254 g/mol. The van der Waals surface area contributed by atoms with Crippen molar-refractivity contribution in [3.05, 3.63) is 11.8 Å². The van der Waals surface area contributed by atoms with Crippen molar-refractivity contribution in [3.63, 3.8) is 0 Å². The molecule has 0 saturated heterocycles. The van der Waals surface area contributed by atoms with Crippen molar-refractivity contribution in [1.82, 2.24) is 10.2 Å². The van der Waals surface area contributed by atoms with Gasteiger partial charge >= 0.3 is 0 Å². The maximum atomic E-state index is 5.53. The lowest BCUT2D eigenvalue weighted by Gasteiger charge is -2.45. The summed E-state index contributed by atoms with van der Waals surface area (Å²) in [4.78, 5) is 2.52. The average Bonchev–Trinajstić information content (AvgIpc) is 2.38. The molecule has 1 aliphatic heterocycles. The molecule has 3 heteroatoms. The fraction of sp³-hybridized carbons (Fsp3) is 0.867. The Morgan fingerprint density at radius 3 is 2.44 bits per heavy atom. The fourth-order valence-corrected chi connectivity index (χ4v) is 3.06. The molecule has 1 heterocycles. The van der Waals surface area contributed by atoms with Crippen LogP contribution in [0.25, 0.3) is 0 Å². The predicted octanol–water partition coefficient (Wildman–Crippen LogP) is 2.78. The van der Waals surface area contributed by atoms with Crippen molar-refractivity contribution in [2.75, 3.05) is 26.2 Å². The van der Waals surface area contributed by atoms with Gasteiger partial charge in [-0.3, -0.25) is 4.90 Å². The topological polar surface area (TPSA) is 24.5 Å². The Morgan fingerprint density at radius 2 is 2.00 bits per heavy atom. The van der Waals surface area contributed by atoms with E-state index in [1.165, 1.54) is 5.57 Å². The second-order valence-electron chi connectivity index (χ2n) is 5.48. The van der Waals surface area contributed by atoms with Gasteiger partial charge in [-0.25, -0.2) is 0 Å². The van der Waals surface area contributed by atoms with Crippen LogP contribution < -0.4 is 5.32 Å². The van der Waals surface area contributed by atoms with Crippen LogP contribution in [0.1, 0.15) is 47.5 Å². The number of ether oxygens (including phenoxy) is 1. The van der Waals surface area contributed by atoms with Crippen LogP contribution in [0.5, 0.6) is 0 Å². The molecule has 1 rings (SSSR count). The van der Waals surface area contributed by atoms with Gasteiger partial charge in [0.1, 0.15) is 0 Å². The SMILES string of the molecule is CCNC(C1=COCCC1)C(C)(C)N(CC)CC. The smallest absolute Gasteiger partial charge is 0.0876 e. The van der Waals surface area contributed by atoms with Gasteiger partial charge in [0.2, 0.25) is 0 Å². The highest BCUT2D eigenvalue weighted by atomic mass is 16.5. The molecule has 0 radical (unpaired) electrons. The highest BCUT2D eigenvalue weighted by Gasteiger charge is 2.36. The van der Waals surface area contributed by atoms with Crippen molar-refractivity contribution in [3.8, 4) is 0 Å². The van der Waals surface area contributed by atoms with Gasteiger partial charge in [0.05, 0.1) is 12.9 Å². The maximum absolute atomic E-state index is 5.53. The summed E-state index contributed by atoms with van der Waals surface area (Å²) in [6.45, 7) is 15.3. The van der Waals surface area contributed by atoms with Crippen molar-refractivity contribution in [2.24, 2.45) is 0 Å². The normalized spacial score (nSPS) is 18.4. The number of hydrogen-bond acceptors (Lipinski definition) is 3. The van der Waals surface area contributed by atoms with E-state index in [1.807, 2.05) is 6.26 Å². The van der Waals surface area contributed by atoms with Gasteiger partial charge in [-0.1, -0.05) is 20.8 Å². The van der Waals surface area contributed by atoms with E-state index in [9.17, 15) is 0 Å². The second-order valence-corrected chi connectivity index (χ2v) is 5.48. The largest absolute Gasteiger partial charge is 0.501 e. The summed E-state index contributed by atoms with van der Waals surface area (Å²) in [6.07, 6.45) is 4.28. The van der Waals surface area contributed by atoms with Gasteiger partial charge in [0.15, 0.2) is 0 Å². The molecular formula is C15H30N2O. The van der Waals surface area contributed by atoms with E-state index >= 15 is 0 Å². The van der Waals surface area contributed by atoms with Gasteiger partial charge in [-0.05, 0) is 51.9 Å². The molecule has 18 heavy (non-hydrogen) atoms. The molecule has 0 aromatic carbocycles. The van der Waals surface area contributed by atoms with E-state index in [0.717, 1.165) is 39.1 Å². The molecule has 3 nitrogen and oxygen atoms in total. The van der Waals surface area contributed by atoms with Crippen LogP contribution in [0.3, 0.4) is 0 Å². The van der Waals surface area contributed by atoms with Gasteiger partial charge < -0.3 is 10.1 Å². The van der Waals surface area contributed by atoms with Crippen LogP contribution >= 0.6 is 0 Å². The van der Waals surface area contributed by atoms with E-state index in [2.05, 4.69) is 44.8 Å². The summed E-state index contributed by atoms with van der Waals surface area (Å²) in [5.41, 5.74) is 1.53. The Kier molecular flexibility index (Phi) is 6.16. The zero-order valence-electron chi connectivity index (χ0n) is 12.8. The Bertz CT molecular complexity index is 270. The molecule has 106 valence electrons. The third-order valence-corrected chi connectivity index (χ3v) is 4.03. The minimum absolute atomic E-state index is 0.117. The molecule has 0 spiro atoms. The summed E-state index contributed by atoms with van der Waals surface area (Å²) in [5, 5.41) is 3.65. The van der Waals surface area contributed by atoms with Crippen LogP contribution in [0, 0.1) is 0 Å². The van der Waals surface area contributed by atoms with Crippen molar-refractivity contribution >= 4 is 0 Å². The van der Waals surface area contributed by atoms with Crippen LogP contribution in [-0.2, 0) is 4.74 Å². The molecule has 0 bridgehead atoms. The van der Waals surface area contributed by atoms with Gasteiger partial charge in [0.25, 0.3) is 0 Å². The molecule has 1 unspecified atom stereocenters. The van der Waals surface area contributed by atoms with Crippen LogP contribution in [0.15, 0.2) is 11.8 Å². The van der Waals surface area contributed by atoms with Crippen LogP contribution in [0.4, 0.5) is 0 Å². The Hall–Kier alpha value is -0.540. The number of hydrogen-bond donors (Lipinski definition) is 1. The summed E-state index contributed by atoms with van der Waals surface area (Å²) in [7, 11) is 0. The lowest BCUT2D eigenvalue weighted by atomic mass is 9.84. The molecule has 1 N–H and O–H groups in total. The highest BCUT2D eigenvalue weighted by Crippen LogP contribution is 2.28. The quantitative estimate of drug-likeness (QED) is 0.756. The minimum atomic E-state index is 0.117. The van der Waals surface area contributed by atoms with Gasteiger partial charge in [-0.15, -0.1) is 0 Å². The third kappa shape index (κ3) is 3.48. The molecular weight excluding hydrogens is 224 g/mol. The number of rotatable bonds is 7. The fourth-order valence-electron chi connectivity index (χ4n) is 3.06. The molecule has 0 saturated carbocycles. The highest BCUT2D eigenvalue weighted by molar-refractivity contribution is 5.17. The van der Waals surface area contributed by atoms with Gasteiger partial charge in [-0.2, -0.15) is 0 Å². The Balaban J connectivity index is 2.91.